The summed E-state index contributed by atoms with van der Waals surface area (Å²) < 4.78 is 10.6. The lowest BCUT2D eigenvalue weighted by atomic mass is 9.79. The Hall–Kier alpha value is -0.950. The summed E-state index contributed by atoms with van der Waals surface area (Å²) >= 11 is 1.56. The Balaban J connectivity index is 0.00000312. The van der Waals surface area contributed by atoms with Crippen molar-refractivity contribution in [3.63, 3.8) is 0 Å². The summed E-state index contributed by atoms with van der Waals surface area (Å²) in [4.78, 5) is 13.5. The van der Waals surface area contributed by atoms with Gasteiger partial charge in [-0.15, -0.1) is 24.2 Å². The van der Waals surface area contributed by atoms with Crippen molar-refractivity contribution in [2.45, 2.75) is 29.9 Å². The zero-order valence-corrected chi connectivity index (χ0v) is 16.8. The molecule has 1 aliphatic heterocycles. The highest BCUT2D eigenvalue weighted by atomic mass is 35.5. The lowest BCUT2D eigenvalue weighted by molar-refractivity contribution is -0.121. The Morgan fingerprint density at radius 3 is 2.48 bits per heavy atom. The fourth-order valence-electron chi connectivity index (χ4n) is 2.97. The number of hydrogen-bond donors (Lipinski definition) is 2. The van der Waals surface area contributed by atoms with Gasteiger partial charge in [0, 0.05) is 24.0 Å². The van der Waals surface area contributed by atoms with E-state index in [1.54, 1.807) is 26.0 Å². The van der Waals surface area contributed by atoms with Gasteiger partial charge in [0.05, 0.1) is 19.0 Å². The molecule has 0 bridgehead atoms. The zero-order valence-electron chi connectivity index (χ0n) is 15.2. The molecule has 1 aromatic rings. The van der Waals surface area contributed by atoms with E-state index in [0.29, 0.717) is 13.2 Å². The summed E-state index contributed by atoms with van der Waals surface area (Å²) in [7, 11) is 3.38. The molecule has 1 unspecified atom stereocenters. The van der Waals surface area contributed by atoms with E-state index in [9.17, 15) is 4.79 Å². The summed E-state index contributed by atoms with van der Waals surface area (Å²) in [5, 5.41) is 6.36. The first-order chi connectivity index (χ1) is 11.6. The highest BCUT2D eigenvalue weighted by Crippen LogP contribution is 2.29. The lowest BCUT2D eigenvalue weighted by Crippen LogP contribution is -2.48. The quantitative estimate of drug-likeness (QED) is 0.670. The Morgan fingerprint density at radius 2 is 1.92 bits per heavy atom. The Labute approximate surface area is 161 Å². The van der Waals surface area contributed by atoms with Gasteiger partial charge < -0.3 is 20.1 Å². The third-order valence-corrected chi connectivity index (χ3v) is 5.61. The molecule has 142 valence electrons. The van der Waals surface area contributed by atoms with Crippen molar-refractivity contribution < 1.29 is 14.3 Å². The topological polar surface area (TPSA) is 59.6 Å². The second-order valence-corrected chi connectivity index (χ2v) is 7.75. The van der Waals surface area contributed by atoms with Crippen LogP contribution in [0.4, 0.5) is 0 Å². The average molecular weight is 389 g/mol. The van der Waals surface area contributed by atoms with Crippen LogP contribution in [0.5, 0.6) is 5.75 Å². The number of nitrogens with one attached hydrogen (secondary N) is 2. The van der Waals surface area contributed by atoms with Crippen molar-refractivity contribution in [3.05, 3.63) is 24.3 Å². The molecule has 5 nitrogen and oxygen atoms in total. The van der Waals surface area contributed by atoms with Gasteiger partial charge in [-0.05, 0) is 57.1 Å². The molecular formula is C18H29ClN2O3S. The number of methoxy groups -OCH3 is 2. The van der Waals surface area contributed by atoms with Gasteiger partial charge in [0.2, 0.25) is 5.91 Å². The van der Waals surface area contributed by atoms with E-state index in [2.05, 4.69) is 10.6 Å². The van der Waals surface area contributed by atoms with Gasteiger partial charge in [0.15, 0.2) is 0 Å². The van der Waals surface area contributed by atoms with Crippen LogP contribution < -0.4 is 15.4 Å². The van der Waals surface area contributed by atoms with E-state index in [-0.39, 0.29) is 29.0 Å². The first kappa shape index (κ1) is 22.1. The number of carbonyl (C=O) groups excluding carboxylic acids is 1. The van der Waals surface area contributed by atoms with E-state index in [1.165, 1.54) is 0 Å². The van der Waals surface area contributed by atoms with Gasteiger partial charge in [0.1, 0.15) is 5.75 Å². The summed E-state index contributed by atoms with van der Waals surface area (Å²) in [6.07, 6.45) is 2.06. The molecule has 1 aliphatic rings. The third kappa shape index (κ3) is 6.70. The Kier molecular flexibility index (Phi) is 9.64. The lowest BCUT2D eigenvalue weighted by Gasteiger charge is -2.37. The molecule has 1 saturated heterocycles. The fraction of sp³-hybridized carbons (Fsp3) is 0.611. The maximum atomic E-state index is 12.4. The highest BCUT2D eigenvalue weighted by molar-refractivity contribution is 8.00. The van der Waals surface area contributed by atoms with Crippen LogP contribution in [0, 0.1) is 5.41 Å². The predicted molar refractivity (Wildman–Crippen MR) is 105 cm³/mol. The van der Waals surface area contributed by atoms with Crippen LogP contribution in [0.1, 0.15) is 19.8 Å². The predicted octanol–water partition coefficient (Wildman–Crippen LogP) is 2.73. The number of piperidine rings is 1. The van der Waals surface area contributed by atoms with Crippen LogP contribution in [0.15, 0.2) is 29.2 Å². The minimum absolute atomic E-state index is 0. The van der Waals surface area contributed by atoms with Gasteiger partial charge in [-0.1, -0.05) is 0 Å². The molecule has 1 atom stereocenters. The van der Waals surface area contributed by atoms with Crippen LogP contribution in [0.2, 0.25) is 0 Å². The van der Waals surface area contributed by atoms with Gasteiger partial charge in [-0.3, -0.25) is 4.79 Å². The number of halogens is 1. The standard InChI is InChI=1S/C18H28N2O3S.ClH/c1-14(24-16-6-4-15(23-3)5-7-16)17(21)20-12-18(13-22-2)8-10-19-11-9-18;/h4-7,14,19H,8-13H2,1-3H3,(H,20,21);1H. The summed E-state index contributed by atoms with van der Waals surface area (Å²) in [6.45, 7) is 5.27. The minimum atomic E-state index is -0.139. The van der Waals surface area contributed by atoms with Crippen LogP contribution in [0.25, 0.3) is 0 Å². The van der Waals surface area contributed by atoms with E-state index in [1.807, 2.05) is 31.2 Å². The number of benzene rings is 1. The molecule has 2 N–H and O–H groups in total. The number of hydrogen-bond acceptors (Lipinski definition) is 5. The molecule has 0 spiro atoms. The van der Waals surface area contributed by atoms with Crippen molar-refractivity contribution in [1.29, 1.82) is 0 Å². The minimum Gasteiger partial charge on any atom is -0.497 e. The first-order valence-corrected chi connectivity index (χ1v) is 9.25. The van der Waals surface area contributed by atoms with E-state index >= 15 is 0 Å². The van der Waals surface area contributed by atoms with Gasteiger partial charge in [-0.2, -0.15) is 0 Å². The van der Waals surface area contributed by atoms with Crippen LogP contribution in [0.3, 0.4) is 0 Å². The van der Waals surface area contributed by atoms with E-state index < -0.39 is 0 Å². The summed E-state index contributed by atoms with van der Waals surface area (Å²) in [5.41, 5.74) is 0.0557. The summed E-state index contributed by atoms with van der Waals surface area (Å²) in [6, 6.07) is 7.78. The van der Waals surface area contributed by atoms with Crippen LogP contribution >= 0.6 is 24.2 Å². The smallest absolute Gasteiger partial charge is 0.233 e. The highest BCUT2D eigenvalue weighted by Gasteiger charge is 2.33. The molecular weight excluding hydrogens is 360 g/mol. The number of thioether (sulfide) groups is 1. The largest absolute Gasteiger partial charge is 0.497 e. The average Bonchev–Trinajstić information content (AvgIpc) is 2.61. The van der Waals surface area contributed by atoms with E-state index in [4.69, 9.17) is 9.47 Å². The number of rotatable bonds is 8. The van der Waals surface area contributed by atoms with Crippen molar-refractivity contribution in [2.75, 3.05) is 40.5 Å². The number of carbonyl (C=O) groups is 1. The zero-order chi connectivity index (χ0) is 17.4. The van der Waals surface area contributed by atoms with Crippen molar-refractivity contribution >= 4 is 30.1 Å². The van der Waals surface area contributed by atoms with Gasteiger partial charge in [-0.25, -0.2) is 0 Å². The summed E-state index contributed by atoms with van der Waals surface area (Å²) in [5.74, 6) is 0.897. The molecule has 25 heavy (non-hydrogen) atoms. The first-order valence-electron chi connectivity index (χ1n) is 8.37. The molecule has 0 aromatic heterocycles. The molecule has 0 radical (unpaired) electrons. The van der Waals surface area contributed by atoms with Crippen molar-refractivity contribution in [1.82, 2.24) is 10.6 Å². The Morgan fingerprint density at radius 1 is 1.28 bits per heavy atom. The second-order valence-electron chi connectivity index (χ2n) is 6.34. The van der Waals surface area contributed by atoms with Gasteiger partial charge >= 0.3 is 0 Å². The van der Waals surface area contributed by atoms with Crippen LogP contribution in [-0.4, -0.2) is 51.6 Å². The maximum absolute atomic E-state index is 12.4. The fourth-order valence-corrected chi connectivity index (χ4v) is 3.86. The number of amides is 1. The second kappa shape index (κ2) is 10.9. The molecule has 7 heteroatoms. The number of ether oxygens (including phenoxy) is 2. The molecule has 1 heterocycles. The van der Waals surface area contributed by atoms with Gasteiger partial charge in [0.25, 0.3) is 0 Å². The SMILES string of the molecule is COCC1(CNC(=O)C(C)Sc2ccc(OC)cc2)CCNCC1.Cl. The van der Waals surface area contributed by atoms with E-state index in [0.717, 1.165) is 36.6 Å². The molecule has 0 saturated carbocycles. The van der Waals surface area contributed by atoms with Crippen LogP contribution in [-0.2, 0) is 9.53 Å². The Bertz CT molecular complexity index is 516. The van der Waals surface area contributed by atoms with Crippen molar-refractivity contribution in [2.24, 2.45) is 5.41 Å². The molecule has 1 amide bonds. The van der Waals surface area contributed by atoms with Crippen molar-refractivity contribution in [3.8, 4) is 5.75 Å². The normalized spacial score (nSPS) is 17.2. The third-order valence-electron chi connectivity index (χ3n) is 4.49. The molecule has 0 aliphatic carbocycles. The molecule has 1 fully saturated rings. The maximum Gasteiger partial charge on any atom is 0.233 e. The molecule has 1 aromatic carbocycles. The monoisotopic (exact) mass is 388 g/mol. The molecule has 2 rings (SSSR count).